The zero-order chi connectivity index (χ0) is 15.2. The van der Waals surface area contributed by atoms with Gasteiger partial charge in [-0.25, -0.2) is 4.98 Å². The van der Waals surface area contributed by atoms with Crippen LogP contribution in [0.4, 0.5) is 17.5 Å². The van der Waals surface area contributed by atoms with Gasteiger partial charge in [-0.1, -0.05) is 6.92 Å². The average molecular weight is 285 g/mol. The molecule has 9 heteroatoms. The highest BCUT2D eigenvalue weighted by molar-refractivity contribution is 5.58. The van der Waals surface area contributed by atoms with E-state index in [1.54, 1.807) is 0 Å². The van der Waals surface area contributed by atoms with E-state index in [2.05, 4.69) is 20.6 Å². The molecule has 0 saturated heterocycles. The summed E-state index contributed by atoms with van der Waals surface area (Å²) in [7, 11) is 0. The van der Waals surface area contributed by atoms with Crippen molar-refractivity contribution in [1.82, 2.24) is 9.97 Å². The number of hydrogen-bond donors (Lipinski definition) is 4. The second kappa shape index (κ2) is 6.96. The summed E-state index contributed by atoms with van der Waals surface area (Å²) < 4.78 is 0. The van der Waals surface area contributed by atoms with Crippen molar-refractivity contribution in [3.05, 3.63) is 16.3 Å². The van der Waals surface area contributed by atoms with Crippen molar-refractivity contribution in [2.24, 2.45) is 0 Å². The molecule has 1 heterocycles. The number of rotatable bonds is 8. The molecule has 0 fully saturated rings. The van der Waals surface area contributed by atoms with E-state index in [1.807, 2.05) is 6.92 Å². The van der Waals surface area contributed by atoms with Crippen LogP contribution < -0.4 is 10.6 Å². The van der Waals surface area contributed by atoms with Crippen LogP contribution in [0.3, 0.4) is 0 Å². The summed E-state index contributed by atoms with van der Waals surface area (Å²) >= 11 is 0. The minimum absolute atomic E-state index is 0.0470. The summed E-state index contributed by atoms with van der Waals surface area (Å²) in [6.45, 7) is 3.32. The van der Waals surface area contributed by atoms with Gasteiger partial charge in [-0.3, -0.25) is 10.1 Å². The van der Waals surface area contributed by atoms with Crippen LogP contribution in [0, 0.1) is 10.1 Å². The van der Waals surface area contributed by atoms with Gasteiger partial charge < -0.3 is 20.8 Å². The second-order valence-corrected chi connectivity index (χ2v) is 4.61. The monoisotopic (exact) mass is 285 g/mol. The average Bonchev–Trinajstić information content (AvgIpc) is 2.44. The fourth-order valence-corrected chi connectivity index (χ4v) is 1.34. The largest absolute Gasteiger partial charge is 0.394 e. The number of aromatic nitrogens is 2. The van der Waals surface area contributed by atoms with Gasteiger partial charge in [-0.05, 0) is 13.3 Å². The van der Waals surface area contributed by atoms with Gasteiger partial charge in [0.25, 0.3) is 0 Å². The summed E-state index contributed by atoms with van der Waals surface area (Å²) in [5, 5.41) is 35.0. The van der Waals surface area contributed by atoms with Crippen LogP contribution in [0.2, 0.25) is 0 Å². The molecule has 0 aliphatic rings. The standard InChI is InChI=1S/C11H19N5O4/c1-3-4-12-10-13-5-8(16(19)20)9(14-10)15-11(2,6-17)7-18/h5,17-18H,3-4,6-7H2,1-2H3,(H2,12,13,14,15). The molecular formula is C11H19N5O4. The molecule has 0 spiro atoms. The molecule has 0 saturated carbocycles. The summed E-state index contributed by atoms with van der Waals surface area (Å²) in [4.78, 5) is 18.2. The first kappa shape index (κ1) is 16.1. The van der Waals surface area contributed by atoms with Crippen LogP contribution in [0.25, 0.3) is 0 Å². The highest BCUT2D eigenvalue weighted by Gasteiger charge is 2.27. The maximum absolute atomic E-state index is 10.9. The lowest BCUT2D eigenvalue weighted by molar-refractivity contribution is -0.384. The van der Waals surface area contributed by atoms with E-state index in [1.165, 1.54) is 6.92 Å². The predicted octanol–water partition coefficient (Wildman–Crippen LogP) is 0.362. The van der Waals surface area contributed by atoms with Gasteiger partial charge in [0.05, 0.1) is 23.7 Å². The zero-order valence-corrected chi connectivity index (χ0v) is 11.5. The van der Waals surface area contributed by atoms with E-state index in [9.17, 15) is 20.3 Å². The van der Waals surface area contributed by atoms with Crippen LogP contribution in [-0.2, 0) is 0 Å². The lowest BCUT2D eigenvalue weighted by atomic mass is 10.1. The minimum Gasteiger partial charge on any atom is -0.394 e. The van der Waals surface area contributed by atoms with Gasteiger partial charge in [0, 0.05) is 6.54 Å². The number of anilines is 2. The second-order valence-electron chi connectivity index (χ2n) is 4.61. The number of aliphatic hydroxyl groups excluding tert-OH is 2. The Morgan fingerprint density at radius 1 is 1.45 bits per heavy atom. The third-order valence-corrected chi connectivity index (χ3v) is 2.62. The van der Waals surface area contributed by atoms with Crippen molar-refractivity contribution in [3.8, 4) is 0 Å². The Morgan fingerprint density at radius 2 is 2.10 bits per heavy atom. The minimum atomic E-state index is -1.11. The van der Waals surface area contributed by atoms with E-state index in [0.29, 0.717) is 6.54 Å². The van der Waals surface area contributed by atoms with Gasteiger partial charge in [0.15, 0.2) is 0 Å². The molecule has 20 heavy (non-hydrogen) atoms. The molecule has 1 aromatic rings. The molecule has 4 N–H and O–H groups in total. The molecule has 1 rings (SSSR count). The van der Waals surface area contributed by atoms with Crippen molar-refractivity contribution in [2.75, 3.05) is 30.4 Å². The molecule has 0 amide bonds. The molecule has 9 nitrogen and oxygen atoms in total. The van der Waals surface area contributed by atoms with Crippen molar-refractivity contribution in [1.29, 1.82) is 0 Å². The van der Waals surface area contributed by atoms with Crippen LogP contribution in [0.15, 0.2) is 6.20 Å². The fourth-order valence-electron chi connectivity index (χ4n) is 1.34. The summed E-state index contributed by atoms with van der Waals surface area (Å²) in [6.07, 6.45) is 1.94. The fraction of sp³-hybridized carbons (Fsp3) is 0.636. The molecule has 0 aliphatic carbocycles. The van der Waals surface area contributed by atoms with E-state index in [0.717, 1.165) is 12.6 Å². The Labute approximate surface area is 116 Å². The third-order valence-electron chi connectivity index (χ3n) is 2.62. The highest BCUT2D eigenvalue weighted by atomic mass is 16.6. The Bertz CT molecular complexity index is 464. The van der Waals surface area contributed by atoms with Crippen LogP contribution in [-0.4, -0.2) is 50.4 Å². The Balaban J connectivity index is 3.08. The Morgan fingerprint density at radius 3 is 2.60 bits per heavy atom. The lowest BCUT2D eigenvalue weighted by Crippen LogP contribution is -2.43. The van der Waals surface area contributed by atoms with E-state index >= 15 is 0 Å². The van der Waals surface area contributed by atoms with E-state index < -0.39 is 23.7 Å². The first-order valence-corrected chi connectivity index (χ1v) is 6.21. The maximum atomic E-state index is 10.9. The first-order chi connectivity index (χ1) is 9.45. The van der Waals surface area contributed by atoms with Gasteiger partial charge in [-0.15, -0.1) is 0 Å². The number of nitrogens with zero attached hydrogens (tertiary/aromatic N) is 3. The van der Waals surface area contributed by atoms with E-state index in [4.69, 9.17) is 0 Å². The van der Waals surface area contributed by atoms with Gasteiger partial charge in [-0.2, -0.15) is 4.98 Å². The smallest absolute Gasteiger partial charge is 0.329 e. The molecular weight excluding hydrogens is 266 g/mol. The zero-order valence-electron chi connectivity index (χ0n) is 11.5. The van der Waals surface area contributed by atoms with Crippen molar-refractivity contribution in [2.45, 2.75) is 25.8 Å². The number of nitrogens with one attached hydrogen (secondary N) is 2. The molecule has 112 valence electrons. The van der Waals surface area contributed by atoms with Gasteiger partial charge in [0.1, 0.15) is 6.20 Å². The number of aliphatic hydroxyl groups is 2. The van der Waals surface area contributed by atoms with Crippen molar-refractivity contribution in [3.63, 3.8) is 0 Å². The van der Waals surface area contributed by atoms with Crippen LogP contribution >= 0.6 is 0 Å². The molecule has 0 bridgehead atoms. The highest BCUT2D eigenvalue weighted by Crippen LogP contribution is 2.25. The molecule has 0 atom stereocenters. The summed E-state index contributed by atoms with van der Waals surface area (Å²) in [6, 6.07) is 0. The molecule has 1 aromatic heterocycles. The van der Waals surface area contributed by atoms with Crippen LogP contribution in [0.5, 0.6) is 0 Å². The molecule has 0 aromatic carbocycles. The van der Waals surface area contributed by atoms with Gasteiger partial charge in [0.2, 0.25) is 11.8 Å². The maximum Gasteiger partial charge on any atom is 0.329 e. The molecule has 0 unspecified atom stereocenters. The summed E-state index contributed by atoms with van der Waals surface area (Å²) in [5.41, 5.74) is -1.43. The predicted molar refractivity (Wildman–Crippen MR) is 73.7 cm³/mol. The topological polar surface area (TPSA) is 133 Å². The summed E-state index contributed by atoms with van der Waals surface area (Å²) in [5.74, 6) is 0.201. The normalized spacial score (nSPS) is 11.2. The van der Waals surface area contributed by atoms with Crippen molar-refractivity contribution >= 4 is 17.5 Å². The SMILES string of the molecule is CCCNc1ncc([N+](=O)[O-])c(NC(C)(CO)CO)n1. The number of hydrogen-bond acceptors (Lipinski definition) is 8. The number of nitro groups is 1. The Kier molecular flexibility index (Phi) is 5.59. The van der Waals surface area contributed by atoms with E-state index in [-0.39, 0.29) is 17.5 Å². The third kappa shape index (κ3) is 4.00. The molecule has 0 aliphatic heterocycles. The van der Waals surface area contributed by atoms with Gasteiger partial charge >= 0.3 is 5.69 Å². The quantitative estimate of drug-likeness (QED) is 0.397. The Hall–Kier alpha value is -2.00. The van der Waals surface area contributed by atoms with Crippen LogP contribution in [0.1, 0.15) is 20.3 Å². The lowest BCUT2D eigenvalue weighted by Gasteiger charge is -2.26. The molecule has 0 radical (unpaired) electrons. The van der Waals surface area contributed by atoms with Crippen molar-refractivity contribution < 1.29 is 15.1 Å². The first-order valence-electron chi connectivity index (χ1n) is 6.21.